The molecule has 0 saturated heterocycles. The van der Waals surface area contributed by atoms with Gasteiger partial charge in [0.25, 0.3) is 0 Å². The van der Waals surface area contributed by atoms with Gasteiger partial charge in [-0.15, -0.1) is 0 Å². The highest BCUT2D eigenvalue weighted by Gasteiger charge is 2.40. The van der Waals surface area contributed by atoms with E-state index in [1.165, 1.54) is 11.3 Å². The largest absolute Gasteiger partial charge is 0.366 e. The average Bonchev–Trinajstić information content (AvgIpc) is 3.36. The molecule has 1 aromatic carbocycles. The quantitative estimate of drug-likeness (QED) is 0.335. The molecule has 8 nitrogen and oxygen atoms in total. The Morgan fingerprint density at radius 3 is 2.31 bits per heavy atom. The van der Waals surface area contributed by atoms with Gasteiger partial charge < -0.3 is 4.90 Å². The molecule has 232 valence electrons. The normalized spacial score (nSPS) is 19.6. The van der Waals surface area contributed by atoms with Crippen LogP contribution in [0.3, 0.4) is 0 Å². The lowest BCUT2D eigenvalue weighted by molar-refractivity contribution is 0.376. The Kier molecular flexibility index (Phi) is 8.53. The summed E-state index contributed by atoms with van der Waals surface area (Å²) in [5.41, 5.74) is 6.28. The number of aromatic nitrogens is 2. The lowest BCUT2D eigenvalue weighted by Crippen LogP contribution is -2.48. The van der Waals surface area contributed by atoms with E-state index in [0.717, 1.165) is 48.5 Å². The fourth-order valence-electron chi connectivity index (χ4n) is 6.31. The van der Waals surface area contributed by atoms with Crippen molar-refractivity contribution in [2.45, 2.75) is 126 Å². The predicted molar refractivity (Wildman–Crippen MR) is 178 cm³/mol. The third-order valence-corrected chi connectivity index (χ3v) is 9.64. The lowest BCUT2D eigenvalue weighted by atomic mass is 9.79. The van der Waals surface area contributed by atoms with Gasteiger partial charge in [0.05, 0.1) is 22.8 Å². The van der Waals surface area contributed by atoms with E-state index in [-0.39, 0.29) is 16.7 Å². The zero-order valence-corrected chi connectivity index (χ0v) is 28.8. The number of aliphatic imine (C=N–C) groups is 1. The van der Waals surface area contributed by atoms with Gasteiger partial charge in [-0.3, -0.25) is 4.72 Å². The second kappa shape index (κ2) is 11.1. The highest BCUT2D eigenvalue weighted by atomic mass is 32.2. The summed E-state index contributed by atoms with van der Waals surface area (Å²) >= 11 is 0. The van der Waals surface area contributed by atoms with E-state index >= 15 is 0 Å². The van der Waals surface area contributed by atoms with Crippen LogP contribution in [0.5, 0.6) is 0 Å². The van der Waals surface area contributed by atoms with E-state index in [2.05, 4.69) is 97.9 Å². The number of rotatable bonds is 8. The molecule has 2 aliphatic heterocycles. The van der Waals surface area contributed by atoms with Crippen molar-refractivity contribution in [2.75, 3.05) is 21.9 Å². The topological polar surface area (TPSA) is 91.9 Å². The molecule has 1 N–H and O–H groups in total. The van der Waals surface area contributed by atoms with Gasteiger partial charge in [0.2, 0.25) is 10.0 Å². The van der Waals surface area contributed by atoms with Crippen LogP contribution in [0, 0.1) is 12.3 Å². The maximum atomic E-state index is 13.0. The Morgan fingerprint density at radius 2 is 1.74 bits per heavy atom. The number of sulfonamides is 1. The molecule has 42 heavy (non-hydrogen) atoms. The molecule has 0 saturated carbocycles. The molecule has 1 aromatic heterocycles. The van der Waals surface area contributed by atoms with Gasteiger partial charge in [-0.2, -0.15) is 5.10 Å². The number of hydrogen-bond donors (Lipinski definition) is 1. The van der Waals surface area contributed by atoms with Gasteiger partial charge in [0.1, 0.15) is 5.71 Å². The van der Waals surface area contributed by atoms with Crippen molar-refractivity contribution in [3.8, 4) is 0 Å². The van der Waals surface area contributed by atoms with Crippen LogP contribution < -0.4 is 9.62 Å². The van der Waals surface area contributed by atoms with Crippen LogP contribution in [-0.4, -0.2) is 47.3 Å². The smallest absolute Gasteiger partial charge is 0.233 e. The zero-order valence-electron chi connectivity index (χ0n) is 27.9. The van der Waals surface area contributed by atoms with Crippen molar-refractivity contribution in [2.24, 2.45) is 15.5 Å². The minimum Gasteiger partial charge on any atom is -0.366 e. The second-order valence-corrected chi connectivity index (χ2v) is 16.7. The lowest BCUT2D eigenvalue weighted by Gasteiger charge is -2.48. The fraction of sp³-hybridized carbons (Fsp3) is 0.667. The van der Waals surface area contributed by atoms with Gasteiger partial charge in [0.15, 0.2) is 11.6 Å². The Morgan fingerprint density at radius 1 is 1.07 bits per heavy atom. The molecule has 1 atom stereocenters. The van der Waals surface area contributed by atoms with Gasteiger partial charge >= 0.3 is 0 Å². The number of aryl methyl sites for hydroxylation is 1. The van der Waals surface area contributed by atoms with E-state index in [0.29, 0.717) is 29.7 Å². The van der Waals surface area contributed by atoms with E-state index in [1.54, 1.807) is 0 Å². The number of unbranched alkanes of at least 4 members (excludes halogenated alkanes) is 1. The molecule has 0 spiro atoms. The zero-order chi connectivity index (χ0) is 31.4. The maximum absolute atomic E-state index is 13.0. The highest BCUT2D eigenvalue weighted by Crippen LogP contribution is 2.46. The minimum atomic E-state index is -3.55. The number of imidazole rings is 1. The molecular weight excluding hydrogens is 544 g/mol. The van der Waals surface area contributed by atoms with Crippen LogP contribution in [0.2, 0.25) is 0 Å². The number of hydrogen-bond acceptors (Lipinski definition) is 6. The summed E-state index contributed by atoms with van der Waals surface area (Å²) in [5.74, 6) is 1.38. The molecular formula is C33H52N6O2S. The van der Waals surface area contributed by atoms with Gasteiger partial charge in [-0.05, 0) is 69.2 Å². The van der Waals surface area contributed by atoms with Crippen molar-refractivity contribution in [3.05, 3.63) is 34.8 Å². The molecule has 0 bridgehead atoms. The third-order valence-electron chi connectivity index (χ3n) is 8.31. The molecule has 0 amide bonds. The monoisotopic (exact) mass is 596 g/mol. The number of nitrogens with one attached hydrogen (secondary N) is 1. The number of nitrogens with zero attached hydrogens (tertiary/aromatic N) is 5. The third kappa shape index (κ3) is 6.17. The van der Waals surface area contributed by atoms with Crippen LogP contribution >= 0.6 is 0 Å². The fourth-order valence-corrected chi connectivity index (χ4v) is 7.52. The number of anilines is 2. The molecule has 0 aliphatic carbocycles. The molecule has 2 aliphatic rings. The van der Waals surface area contributed by atoms with E-state index in [4.69, 9.17) is 15.1 Å². The standard InChI is InChI=1S/C33H52N6O2S/c1-13-15-17-42(40,41)37-29-28(32(8,9)10)39-30(35-29)26(27(36-39)31(5,6)7)34-24-19-23-22(4)20-33(11,12)38(16-14-2)25(23)18-21(24)3/h18-19,22,37H,13-17,20H2,1-12H3. The van der Waals surface area contributed by atoms with Gasteiger partial charge in [-0.25, -0.2) is 23.1 Å². The van der Waals surface area contributed by atoms with Gasteiger partial charge in [-0.1, -0.05) is 68.7 Å². The first-order chi connectivity index (χ1) is 19.3. The summed E-state index contributed by atoms with van der Waals surface area (Å²) in [7, 11) is -3.55. The molecule has 9 heteroatoms. The van der Waals surface area contributed by atoms with E-state index in [1.807, 2.05) is 11.6 Å². The molecule has 0 radical (unpaired) electrons. The van der Waals surface area contributed by atoms with Crippen molar-refractivity contribution in [1.29, 1.82) is 0 Å². The first-order valence-electron chi connectivity index (χ1n) is 15.6. The van der Waals surface area contributed by atoms with Crippen LogP contribution in [0.4, 0.5) is 17.2 Å². The molecule has 2 aromatic rings. The number of benzene rings is 1. The number of fused-ring (bicyclic) bond motifs is 2. The SMILES string of the molecule is CCCCS(=O)(=O)Nc1nc2n(c1C(C)(C)C)N=C(C(C)(C)C)C2=Nc1cc2c(cc1C)N(CCC)C(C)(C)CC2C. The Hall–Kier alpha value is -2.68. The molecule has 4 rings (SSSR count). The first kappa shape index (κ1) is 32.2. The Balaban J connectivity index is 1.91. The molecule has 3 heterocycles. The summed E-state index contributed by atoms with van der Waals surface area (Å²) in [6.45, 7) is 26.9. The van der Waals surface area contributed by atoms with Gasteiger partial charge in [0, 0.05) is 28.6 Å². The highest BCUT2D eigenvalue weighted by molar-refractivity contribution is 7.92. The first-order valence-corrected chi connectivity index (χ1v) is 17.2. The molecule has 0 fully saturated rings. The van der Waals surface area contributed by atoms with E-state index in [9.17, 15) is 8.42 Å². The summed E-state index contributed by atoms with van der Waals surface area (Å²) < 4.78 is 30.5. The van der Waals surface area contributed by atoms with Crippen molar-refractivity contribution in [1.82, 2.24) is 9.66 Å². The van der Waals surface area contributed by atoms with E-state index < -0.39 is 15.4 Å². The van der Waals surface area contributed by atoms with Crippen LogP contribution in [0.15, 0.2) is 22.2 Å². The minimum absolute atomic E-state index is 0.0606. The van der Waals surface area contributed by atoms with Crippen molar-refractivity contribution < 1.29 is 8.42 Å². The Labute approximate surface area is 254 Å². The van der Waals surface area contributed by atoms with Crippen molar-refractivity contribution >= 4 is 38.6 Å². The van der Waals surface area contributed by atoms with Crippen molar-refractivity contribution in [3.63, 3.8) is 0 Å². The predicted octanol–water partition coefficient (Wildman–Crippen LogP) is 7.92. The summed E-state index contributed by atoms with van der Waals surface area (Å²) in [6.07, 6.45) is 3.56. The maximum Gasteiger partial charge on any atom is 0.233 e. The molecule has 1 unspecified atom stereocenters. The van der Waals surface area contributed by atoms with Crippen LogP contribution in [0.25, 0.3) is 0 Å². The average molecular weight is 597 g/mol. The summed E-state index contributed by atoms with van der Waals surface area (Å²) in [5, 5.41) is 5.06. The summed E-state index contributed by atoms with van der Waals surface area (Å²) in [4.78, 5) is 12.7. The Bertz CT molecular complexity index is 1520. The van der Waals surface area contributed by atoms with Crippen LogP contribution in [0.1, 0.15) is 130 Å². The van der Waals surface area contributed by atoms with Crippen LogP contribution in [-0.2, 0) is 15.4 Å². The second-order valence-electron chi connectivity index (χ2n) is 14.9. The summed E-state index contributed by atoms with van der Waals surface area (Å²) in [6, 6.07) is 4.55.